The van der Waals surface area contributed by atoms with Crippen LogP contribution in [-0.4, -0.2) is 30.0 Å². The van der Waals surface area contributed by atoms with Crippen molar-refractivity contribution < 1.29 is 14.5 Å². The molecule has 1 saturated heterocycles. The van der Waals surface area contributed by atoms with Gasteiger partial charge in [-0.15, -0.1) is 0 Å². The Morgan fingerprint density at radius 1 is 1.48 bits per heavy atom. The van der Waals surface area contributed by atoms with Gasteiger partial charge >= 0.3 is 5.69 Å². The fraction of sp³-hybridized carbons (Fsp3) is 0.500. The van der Waals surface area contributed by atoms with E-state index >= 15 is 0 Å². The molecule has 0 spiro atoms. The number of nitrogens with two attached hydrogens (primary N) is 1. The number of hydrogen-bond donors (Lipinski definition) is 2. The molecule has 1 fully saturated rings. The number of carbonyl (C=O) groups is 1. The number of nitro groups is 1. The Labute approximate surface area is 122 Å². The van der Waals surface area contributed by atoms with Gasteiger partial charge in [0.05, 0.1) is 11.5 Å². The summed E-state index contributed by atoms with van der Waals surface area (Å²) in [5.41, 5.74) is 4.99. The summed E-state index contributed by atoms with van der Waals surface area (Å²) in [6.07, 6.45) is 4.29. The first-order valence-corrected chi connectivity index (χ1v) is 7.02. The van der Waals surface area contributed by atoms with Crippen LogP contribution in [0.25, 0.3) is 0 Å². The van der Waals surface area contributed by atoms with E-state index in [0.29, 0.717) is 12.6 Å². The Kier molecular flexibility index (Phi) is 5.10. The first-order valence-electron chi connectivity index (χ1n) is 7.02. The number of nitrogens with zero attached hydrogens (tertiary/aromatic N) is 1. The molecule has 0 saturated carbocycles. The van der Waals surface area contributed by atoms with Crippen LogP contribution in [0.4, 0.5) is 5.69 Å². The standard InChI is InChI=1S/C14H19N3O4/c15-14(18)10-4-5-13(12(9-10)17(19)20)21-8-6-11-3-1-2-7-16-11/h4-5,9,11,16H,1-3,6-8H2,(H2,15,18). The van der Waals surface area contributed by atoms with Crippen LogP contribution in [-0.2, 0) is 0 Å². The second kappa shape index (κ2) is 7.03. The summed E-state index contributed by atoms with van der Waals surface area (Å²) in [6, 6.07) is 4.41. The van der Waals surface area contributed by atoms with E-state index in [1.54, 1.807) is 0 Å². The Bertz CT molecular complexity index is 527. The van der Waals surface area contributed by atoms with Crippen LogP contribution in [0.5, 0.6) is 5.75 Å². The zero-order chi connectivity index (χ0) is 15.2. The van der Waals surface area contributed by atoms with Crippen molar-refractivity contribution in [1.82, 2.24) is 5.32 Å². The second-order valence-electron chi connectivity index (χ2n) is 5.09. The molecule has 2 rings (SSSR count). The zero-order valence-corrected chi connectivity index (χ0v) is 11.7. The Hall–Kier alpha value is -2.15. The summed E-state index contributed by atoms with van der Waals surface area (Å²) in [4.78, 5) is 21.5. The smallest absolute Gasteiger partial charge is 0.311 e. The SMILES string of the molecule is NC(=O)c1ccc(OCCC2CCCCN2)c([N+](=O)[O-])c1. The van der Waals surface area contributed by atoms with Crippen LogP contribution >= 0.6 is 0 Å². The summed E-state index contributed by atoms with van der Waals surface area (Å²) in [6.45, 7) is 1.41. The third kappa shape index (κ3) is 4.16. The number of benzene rings is 1. The third-order valence-electron chi connectivity index (χ3n) is 3.58. The molecule has 1 unspecified atom stereocenters. The number of rotatable bonds is 6. The zero-order valence-electron chi connectivity index (χ0n) is 11.7. The molecular weight excluding hydrogens is 274 g/mol. The van der Waals surface area contributed by atoms with Gasteiger partial charge in [-0.1, -0.05) is 6.42 Å². The fourth-order valence-electron chi connectivity index (χ4n) is 2.42. The predicted octanol–water partition coefficient (Wildman–Crippen LogP) is 1.60. The lowest BCUT2D eigenvalue weighted by Crippen LogP contribution is -2.35. The van der Waals surface area contributed by atoms with Crippen molar-refractivity contribution in [2.24, 2.45) is 5.73 Å². The summed E-state index contributed by atoms with van der Waals surface area (Å²) in [5.74, 6) is -0.531. The van der Waals surface area contributed by atoms with Crippen LogP contribution in [0, 0.1) is 10.1 Å². The van der Waals surface area contributed by atoms with Gasteiger partial charge in [0.2, 0.25) is 5.91 Å². The molecule has 1 atom stereocenters. The number of hydrogen-bond acceptors (Lipinski definition) is 5. The molecule has 1 aromatic carbocycles. The van der Waals surface area contributed by atoms with Gasteiger partial charge in [-0.05, 0) is 37.9 Å². The highest BCUT2D eigenvalue weighted by atomic mass is 16.6. The van der Waals surface area contributed by atoms with E-state index in [9.17, 15) is 14.9 Å². The van der Waals surface area contributed by atoms with Crippen LogP contribution in [0.3, 0.4) is 0 Å². The van der Waals surface area contributed by atoms with Gasteiger partial charge in [0.25, 0.3) is 0 Å². The molecule has 3 N–H and O–H groups in total. The monoisotopic (exact) mass is 293 g/mol. The van der Waals surface area contributed by atoms with Crippen molar-refractivity contribution in [1.29, 1.82) is 0 Å². The van der Waals surface area contributed by atoms with E-state index in [0.717, 1.165) is 25.5 Å². The Morgan fingerprint density at radius 3 is 2.90 bits per heavy atom. The van der Waals surface area contributed by atoms with Crippen LogP contribution in [0.15, 0.2) is 18.2 Å². The number of nitro benzene ring substituents is 1. The Balaban J connectivity index is 1.98. The molecule has 7 heteroatoms. The number of nitrogens with one attached hydrogen (secondary N) is 1. The topological polar surface area (TPSA) is 107 Å². The lowest BCUT2D eigenvalue weighted by atomic mass is 10.0. The van der Waals surface area contributed by atoms with Gasteiger partial charge in [-0.25, -0.2) is 0 Å². The van der Waals surface area contributed by atoms with E-state index in [2.05, 4.69) is 5.32 Å². The molecule has 114 valence electrons. The average molecular weight is 293 g/mol. The average Bonchev–Trinajstić information content (AvgIpc) is 2.48. The quantitative estimate of drug-likeness (QED) is 0.612. The summed E-state index contributed by atoms with van der Waals surface area (Å²) >= 11 is 0. The number of amides is 1. The molecule has 0 radical (unpaired) electrons. The second-order valence-corrected chi connectivity index (χ2v) is 5.09. The van der Waals surface area contributed by atoms with Gasteiger partial charge in [0, 0.05) is 17.7 Å². The van der Waals surface area contributed by atoms with Gasteiger partial charge in [-0.3, -0.25) is 14.9 Å². The molecule has 1 aliphatic rings. The number of ether oxygens (including phenoxy) is 1. The molecule has 1 amide bonds. The van der Waals surface area contributed by atoms with E-state index in [1.807, 2.05) is 0 Å². The summed E-state index contributed by atoms with van der Waals surface area (Å²) in [7, 11) is 0. The molecule has 0 aromatic heterocycles. The molecular formula is C14H19N3O4. The van der Waals surface area contributed by atoms with Crippen LogP contribution in [0.1, 0.15) is 36.0 Å². The lowest BCUT2D eigenvalue weighted by molar-refractivity contribution is -0.385. The largest absolute Gasteiger partial charge is 0.487 e. The molecule has 1 aromatic rings. The summed E-state index contributed by atoms with van der Waals surface area (Å²) < 4.78 is 5.50. The van der Waals surface area contributed by atoms with Gasteiger partial charge in [-0.2, -0.15) is 0 Å². The van der Waals surface area contributed by atoms with Crippen molar-refractivity contribution in [3.63, 3.8) is 0 Å². The predicted molar refractivity (Wildman–Crippen MR) is 77.4 cm³/mol. The highest BCUT2D eigenvalue weighted by molar-refractivity contribution is 5.93. The number of piperidine rings is 1. The van der Waals surface area contributed by atoms with Crippen molar-refractivity contribution in [3.8, 4) is 5.75 Å². The van der Waals surface area contributed by atoms with Gasteiger partial charge in [0.15, 0.2) is 5.75 Å². The molecule has 1 heterocycles. The molecule has 21 heavy (non-hydrogen) atoms. The van der Waals surface area contributed by atoms with Crippen molar-refractivity contribution in [3.05, 3.63) is 33.9 Å². The van der Waals surface area contributed by atoms with E-state index in [4.69, 9.17) is 10.5 Å². The number of primary amides is 1. The first kappa shape index (κ1) is 15.2. The number of carbonyl (C=O) groups excluding carboxylic acids is 1. The highest BCUT2D eigenvalue weighted by Crippen LogP contribution is 2.28. The van der Waals surface area contributed by atoms with E-state index < -0.39 is 10.8 Å². The maximum absolute atomic E-state index is 11.1. The summed E-state index contributed by atoms with van der Waals surface area (Å²) in [5, 5.41) is 14.4. The van der Waals surface area contributed by atoms with E-state index in [1.165, 1.54) is 25.0 Å². The minimum atomic E-state index is -0.698. The fourth-order valence-corrected chi connectivity index (χ4v) is 2.42. The molecule has 7 nitrogen and oxygen atoms in total. The maximum Gasteiger partial charge on any atom is 0.311 e. The van der Waals surface area contributed by atoms with Gasteiger partial charge < -0.3 is 15.8 Å². The Morgan fingerprint density at radius 2 is 2.29 bits per heavy atom. The van der Waals surface area contributed by atoms with E-state index in [-0.39, 0.29) is 17.0 Å². The van der Waals surface area contributed by atoms with Crippen LogP contribution in [0.2, 0.25) is 0 Å². The highest BCUT2D eigenvalue weighted by Gasteiger charge is 2.19. The minimum absolute atomic E-state index is 0.1000. The van der Waals surface area contributed by atoms with Gasteiger partial charge in [0.1, 0.15) is 0 Å². The minimum Gasteiger partial charge on any atom is -0.487 e. The lowest BCUT2D eigenvalue weighted by Gasteiger charge is -2.23. The molecule has 0 aliphatic carbocycles. The maximum atomic E-state index is 11.1. The molecule has 1 aliphatic heterocycles. The van der Waals surface area contributed by atoms with Crippen molar-refractivity contribution in [2.75, 3.05) is 13.2 Å². The normalized spacial score (nSPS) is 18.2. The van der Waals surface area contributed by atoms with Crippen molar-refractivity contribution >= 4 is 11.6 Å². The van der Waals surface area contributed by atoms with Crippen LogP contribution < -0.4 is 15.8 Å². The molecule has 0 bridgehead atoms. The van der Waals surface area contributed by atoms with Crippen molar-refractivity contribution in [2.45, 2.75) is 31.7 Å². The third-order valence-corrected chi connectivity index (χ3v) is 3.58. The first-order chi connectivity index (χ1) is 10.1.